The average molecular weight is 279 g/mol. The highest BCUT2D eigenvalue weighted by Crippen LogP contribution is 2.15. The zero-order valence-electron chi connectivity index (χ0n) is 11.2. The molecule has 2 aromatic rings. The molecule has 0 aliphatic rings. The minimum absolute atomic E-state index is 0.311. The normalized spacial score (nSPS) is 12.4. The predicted molar refractivity (Wildman–Crippen MR) is 72.9 cm³/mol. The quantitative estimate of drug-likeness (QED) is 0.910. The fourth-order valence-electron chi connectivity index (χ4n) is 2.25. The Kier molecular flexibility index (Phi) is 4.45. The third-order valence-corrected chi connectivity index (χ3v) is 3.21. The standard InChI is InChI=1S/C16H16F3N/c1-10-2-3-13(17)7-12(10)8-16(20)6-11-4-14(18)9-15(19)5-11/h2-5,7,9,16H,6,8,20H2,1H3. The monoisotopic (exact) mass is 279 g/mol. The number of aryl methyl sites for hydroxylation is 1. The van der Waals surface area contributed by atoms with Crippen LogP contribution < -0.4 is 5.73 Å². The molecule has 0 fully saturated rings. The summed E-state index contributed by atoms with van der Waals surface area (Å²) in [5.74, 6) is -1.54. The second-order valence-electron chi connectivity index (χ2n) is 5.02. The summed E-state index contributed by atoms with van der Waals surface area (Å²) >= 11 is 0. The number of rotatable bonds is 4. The van der Waals surface area contributed by atoms with Crippen molar-refractivity contribution in [1.82, 2.24) is 0 Å². The van der Waals surface area contributed by atoms with Gasteiger partial charge in [0.05, 0.1) is 0 Å². The first-order chi connectivity index (χ1) is 9.44. The van der Waals surface area contributed by atoms with E-state index in [1.807, 2.05) is 6.92 Å². The van der Waals surface area contributed by atoms with Gasteiger partial charge in [-0.2, -0.15) is 0 Å². The lowest BCUT2D eigenvalue weighted by Gasteiger charge is -2.14. The molecule has 106 valence electrons. The Labute approximate surface area is 116 Å². The smallest absolute Gasteiger partial charge is 0.126 e. The maximum absolute atomic E-state index is 13.2. The molecule has 2 aromatic carbocycles. The van der Waals surface area contributed by atoms with E-state index in [4.69, 9.17) is 5.73 Å². The first-order valence-corrected chi connectivity index (χ1v) is 6.39. The summed E-state index contributed by atoms with van der Waals surface area (Å²) in [6, 6.07) is 7.57. The molecule has 2 rings (SSSR count). The van der Waals surface area contributed by atoms with Crippen LogP contribution in [-0.2, 0) is 12.8 Å². The second-order valence-corrected chi connectivity index (χ2v) is 5.02. The lowest BCUT2D eigenvalue weighted by atomic mass is 9.97. The largest absolute Gasteiger partial charge is 0.327 e. The topological polar surface area (TPSA) is 26.0 Å². The number of halogens is 3. The molecule has 0 heterocycles. The van der Waals surface area contributed by atoms with Crippen molar-refractivity contribution in [2.24, 2.45) is 5.73 Å². The molecule has 1 unspecified atom stereocenters. The molecule has 1 nitrogen and oxygen atoms in total. The lowest BCUT2D eigenvalue weighted by molar-refractivity contribution is 0.574. The maximum atomic E-state index is 13.2. The molecule has 0 saturated heterocycles. The fraction of sp³-hybridized carbons (Fsp3) is 0.250. The van der Waals surface area contributed by atoms with Gasteiger partial charge in [-0.15, -0.1) is 0 Å². The Balaban J connectivity index is 2.08. The van der Waals surface area contributed by atoms with E-state index in [-0.39, 0.29) is 11.9 Å². The second kappa shape index (κ2) is 6.09. The van der Waals surface area contributed by atoms with Gasteiger partial charge in [0.15, 0.2) is 0 Å². The molecule has 0 bridgehead atoms. The van der Waals surface area contributed by atoms with E-state index in [1.54, 1.807) is 6.07 Å². The third kappa shape index (κ3) is 3.84. The van der Waals surface area contributed by atoms with Crippen molar-refractivity contribution in [2.75, 3.05) is 0 Å². The molecule has 2 N–H and O–H groups in total. The van der Waals surface area contributed by atoms with Crippen molar-refractivity contribution in [3.05, 3.63) is 70.5 Å². The Morgan fingerprint density at radius 2 is 1.55 bits per heavy atom. The molecule has 20 heavy (non-hydrogen) atoms. The fourth-order valence-corrected chi connectivity index (χ4v) is 2.25. The Hall–Kier alpha value is -1.81. The molecule has 1 atom stereocenters. The summed E-state index contributed by atoms with van der Waals surface area (Å²) in [5.41, 5.74) is 8.26. The van der Waals surface area contributed by atoms with Gasteiger partial charge in [0.2, 0.25) is 0 Å². The summed E-state index contributed by atoms with van der Waals surface area (Å²) < 4.78 is 39.4. The van der Waals surface area contributed by atoms with E-state index in [0.717, 1.165) is 17.2 Å². The molecule has 0 aromatic heterocycles. The number of nitrogens with two attached hydrogens (primary N) is 1. The molecular formula is C16H16F3N. The van der Waals surface area contributed by atoms with Crippen LogP contribution in [0.1, 0.15) is 16.7 Å². The van der Waals surface area contributed by atoms with Crippen LogP contribution in [0, 0.1) is 24.4 Å². The summed E-state index contributed by atoms with van der Waals surface area (Å²) in [7, 11) is 0. The molecule has 0 spiro atoms. The molecule has 0 amide bonds. The van der Waals surface area contributed by atoms with Crippen LogP contribution in [0.5, 0.6) is 0 Å². The Bertz CT molecular complexity index is 590. The highest BCUT2D eigenvalue weighted by atomic mass is 19.1. The maximum Gasteiger partial charge on any atom is 0.126 e. The number of benzene rings is 2. The van der Waals surface area contributed by atoms with Crippen molar-refractivity contribution in [3.63, 3.8) is 0 Å². The molecule has 0 aliphatic carbocycles. The molecule has 0 radical (unpaired) electrons. The van der Waals surface area contributed by atoms with Gasteiger partial charge in [0.25, 0.3) is 0 Å². The van der Waals surface area contributed by atoms with Crippen LogP contribution in [0.4, 0.5) is 13.2 Å². The van der Waals surface area contributed by atoms with E-state index in [9.17, 15) is 13.2 Å². The first-order valence-electron chi connectivity index (χ1n) is 6.39. The van der Waals surface area contributed by atoms with E-state index in [0.29, 0.717) is 18.4 Å². The van der Waals surface area contributed by atoms with E-state index in [2.05, 4.69) is 0 Å². The van der Waals surface area contributed by atoms with Crippen molar-refractivity contribution in [1.29, 1.82) is 0 Å². The first kappa shape index (κ1) is 14.6. The summed E-state index contributed by atoms with van der Waals surface area (Å²) in [4.78, 5) is 0. The lowest BCUT2D eigenvalue weighted by Crippen LogP contribution is -2.26. The van der Waals surface area contributed by atoms with Gasteiger partial charge in [-0.3, -0.25) is 0 Å². The minimum atomic E-state index is -0.617. The van der Waals surface area contributed by atoms with E-state index < -0.39 is 11.6 Å². The molecule has 0 saturated carbocycles. The van der Waals surface area contributed by atoms with Crippen LogP contribution in [0.2, 0.25) is 0 Å². The van der Waals surface area contributed by atoms with Gasteiger partial charge in [-0.1, -0.05) is 6.07 Å². The van der Waals surface area contributed by atoms with Gasteiger partial charge >= 0.3 is 0 Å². The summed E-state index contributed by atoms with van der Waals surface area (Å²) in [6.45, 7) is 1.88. The van der Waals surface area contributed by atoms with Crippen molar-refractivity contribution in [3.8, 4) is 0 Å². The molecular weight excluding hydrogens is 263 g/mol. The van der Waals surface area contributed by atoms with Crippen molar-refractivity contribution >= 4 is 0 Å². The number of hydrogen-bond acceptors (Lipinski definition) is 1. The van der Waals surface area contributed by atoms with Gasteiger partial charge < -0.3 is 5.73 Å². The minimum Gasteiger partial charge on any atom is -0.327 e. The zero-order valence-corrected chi connectivity index (χ0v) is 11.2. The predicted octanol–water partition coefficient (Wildman–Crippen LogP) is 3.52. The van der Waals surface area contributed by atoms with Crippen LogP contribution in [-0.4, -0.2) is 6.04 Å². The highest BCUT2D eigenvalue weighted by Gasteiger charge is 2.10. The zero-order chi connectivity index (χ0) is 14.7. The van der Waals surface area contributed by atoms with Crippen LogP contribution >= 0.6 is 0 Å². The molecule has 4 heteroatoms. The Morgan fingerprint density at radius 3 is 2.20 bits per heavy atom. The van der Waals surface area contributed by atoms with E-state index >= 15 is 0 Å². The number of hydrogen-bond donors (Lipinski definition) is 1. The van der Waals surface area contributed by atoms with Gasteiger partial charge in [0, 0.05) is 12.1 Å². The van der Waals surface area contributed by atoms with Crippen LogP contribution in [0.3, 0.4) is 0 Å². The summed E-state index contributed by atoms with van der Waals surface area (Å²) in [6.07, 6.45) is 0.798. The molecule has 0 aliphatic heterocycles. The third-order valence-electron chi connectivity index (χ3n) is 3.21. The van der Waals surface area contributed by atoms with Gasteiger partial charge in [0.1, 0.15) is 17.5 Å². The van der Waals surface area contributed by atoms with Crippen LogP contribution in [0.15, 0.2) is 36.4 Å². The summed E-state index contributed by atoms with van der Waals surface area (Å²) in [5, 5.41) is 0. The van der Waals surface area contributed by atoms with E-state index in [1.165, 1.54) is 24.3 Å². The highest BCUT2D eigenvalue weighted by molar-refractivity contribution is 5.28. The Morgan fingerprint density at radius 1 is 0.900 bits per heavy atom. The van der Waals surface area contributed by atoms with Crippen LogP contribution in [0.25, 0.3) is 0 Å². The SMILES string of the molecule is Cc1ccc(F)cc1CC(N)Cc1cc(F)cc(F)c1. The average Bonchev–Trinajstić information content (AvgIpc) is 2.32. The van der Waals surface area contributed by atoms with Crippen molar-refractivity contribution in [2.45, 2.75) is 25.8 Å². The van der Waals surface area contributed by atoms with Gasteiger partial charge in [-0.25, -0.2) is 13.2 Å². The van der Waals surface area contributed by atoms with Crippen molar-refractivity contribution < 1.29 is 13.2 Å². The van der Waals surface area contributed by atoms with Gasteiger partial charge in [-0.05, 0) is 60.7 Å².